The lowest BCUT2D eigenvalue weighted by Crippen LogP contribution is -2.33. The fourth-order valence-corrected chi connectivity index (χ4v) is 4.45. The second-order valence-electron chi connectivity index (χ2n) is 5.51. The third-order valence-electron chi connectivity index (χ3n) is 3.92. The Balaban J connectivity index is 1.79. The molecule has 5 heteroatoms. The molecule has 0 aromatic heterocycles. The second-order valence-corrected chi connectivity index (χ2v) is 7.24. The maximum absolute atomic E-state index is 12.7. The van der Waals surface area contributed by atoms with Gasteiger partial charge in [-0.15, -0.1) is 0 Å². The minimum absolute atomic E-state index is 0.170. The Hall–Kier alpha value is -1.07. The van der Waals surface area contributed by atoms with Crippen molar-refractivity contribution < 1.29 is 13.7 Å². The number of nitrogens with two attached hydrogens (primary N) is 1. The summed E-state index contributed by atoms with van der Waals surface area (Å²) in [6.07, 6.45) is 4.84. The molecule has 0 radical (unpaired) electrons. The summed E-state index contributed by atoms with van der Waals surface area (Å²) in [5.74, 6) is 1.47. The van der Waals surface area contributed by atoms with Gasteiger partial charge in [-0.25, -0.2) is 0 Å². The first-order valence-corrected chi connectivity index (χ1v) is 8.51. The van der Waals surface area contributed by atoms with Crippen molar-refractivity contribution in [3.8, 4) is 11.5 Å². The molecule has 0 spiro atoms. The lowest BCUT2D eigenvalue weighted by Gasteiger charge is -2.26. The van der Waals surface area contributed by atoms with Gasteiger partial charge >= 0.3 is 0 Å². The zero-order valence-corrected chi connectivity index (χ0v) is 12.4. The monoisotopic (exact) mass is 295 g/mol. The van der Waals surface area contributed by atoms with E-state index < -0.39 is 10.8 Å². The molecule has 110 valence electrons. The van der Waals surface area contributed by atoms with E-state index in [1.54, 1.807) is 0 Å². The van der Waals surface area contributed by atoms with Gasteiger partial charge in [0.05, 0.1) is 24.0 Å². The van der Waals surface area contributed by atoms with Crippen molar-refractivity contribution in [1.29, 1.82) is 0 Å². The van der Waals surface area contributed by atoms with Gasteiger partial charge in [0.15, 0.2) is 11.5 Å². The van der Waals surface area contributed by atoms with Gasteiger partial charge in [-0.2, -0.15) is 0 Å². The van der Waals surface area contributed by atoms with E-state index in [0.717, 1.165) is 42.7 Å². The molecule has 0 amide bonds. The number of ether oxygens (including phenoxy) is 2. The van der Waals surface area contributed by atoms with Crippen LogP contribution in [0.1, 0.15) is 32.1 Å². The van der Waals surface area contributed by atoms with Crippen LogP contribution in [0, 0.1) is 0 Å². The molecule has 1 saturated carbocycles. The molecule has 3 unspecified atom stereocenters. The quantitative estimate of drug-likeness (QED) is 0.909. The normalized spacial score (nSPS) is 27.6. The van der Waals surface area contributed by atoms with Gasteiger partial charge in [-0.05, 0) is 31.4 Å². The fourth-order valence-electron chi connectivity index (χ4n) is 2.84. The summed E-state index contributed by atoms with van der Waals surface area (Å²) >= 11 is 0. The lowest BCUT2D eigenvalue weighted by molar-refractivity contribution is 0.297. The molecule has 20 heavy (non-hydrogen) atoms. The van der Waals surface area contributed by atoms with E-state index in [9.17, 15) is 4.21 Å². The molecule has 1 aromatic carbocycles. The summed E-state index contributed by atoms with van der Waals surface area (Å²) in [4.78, 5) is 0.827. The van der Waals surface area contributed by atoms with E-state index in [1.807, 2.05) is 18.2 Å². The summed E-state index contributed by atoms with van der Waals surface area (Å²) in [7, 11) is -1.01. The minimum Gasteiger partial charge on any atom is -0.490 e. The molecule has 4 nitrogen and oxygen atoms in total. The van der Waals surface area contributed by atoms with Crippen molar-refractivity contribution in [3.05, 3.63) is 18.2 Å². The molecule has 1 heterocycles. The van der Waals surface area contributed by atoms with Crippen LogP contribution in [0.3, 0.4) is 0 Å². The standard InChI is InChI=1S/C15H21NO3S/c16-11-3-1-4-12(9-11)20(17)13-5-6-14-15(10-13)19-8-2-7-18-14/h5-6,10-12H,1-4,7-9,16H2. The van der Waals surface area contributed by atoms with Crippen LogP contribution in [0.5, 0.6) is 11.5 Å². The molecule has 0 bridgehead atoms. The molecule has 0 saturated heterocycles. The van der Waals surface area contributed by atoms with Crippen LogP contribution in [0.2, 0.25) is 0 Å². The Bertz CT molecular complexity index is 506. The van der Waals surface area contributed by atoms with Crippen LogP contribution in [-0.2, 0) is 10.8 Å². The van der Waals surface area contributed by atoms with Crippen LogP contribution in [-0.4, -0.2) is 28.7 Å². The average Bonchev–Trinajstić information content (AvgIpc) is 2.71. The first-order valence-electron chi connectivity index (χ1n) is 7.30. The van der Waals surface area contributed by atoms with Gasteiger partial charge in [-0.1, -0.05) is 6.42 Å². The van der Waals surface area contributed by atoms with Crippen LogP contribution in [0.25, 0.3) is 0 Å². The molecule has 1 aliphatic carbocycles. The highest BCUT2D eigenvalue weighted by Gasteiger charge is 2.26. The fraction of sp³-hybridized carbons (Fsp3) is 0.600. The van der Waals surface area contributed by atoms with Crippen molar-refractivity contribution in [3.63, 3.8) is 0 Å². The van der Waals surface area contributed by atoms with Gasteiger partial charge < -0.3 is 15.2 Å². The van der Waals surface area contributed by atoms with Gasteiger partial charge in [0.2, 0.25) is 0 Å². The number of fused-ring (bicyclic) bond motifs is 1. The van der Waals surface area contributed by atoms with Gasteiger partial charge in [0.1, 0.15) is 0 Å². The highest BCUT2D eigenvalue weighted by atomic mass is 32.2. The highest BCUT2D eigenvalue weighted by Crippen LogP contribution is 2.33. The number of hydrogen-bond acceptors (Lipinski definition) is 4. The van der Waals surface area contributed by atoms with E-state index in [2.05, 4.69) is 0 Å². The van der Waals surface area contributed by atoms with E-state index in [4.69, 9.17) is 15.2 Å². The zero-order valence-electron chi connectivity index (χ0n) is 11.5. The van der Waals surface area contributed by atoms with Crippen molar-refractivity contribution in [1.82, 2.24) is 0 Å². The molecular weight excluding hydrogens is 274 g/mol. The van der Waals surface area contributed by atoms with Crippen LogP contribution in [0.4, 0.5) is 0 Å². The second kappa shape index (κ2) is 6.14. The van der Waals surface area contributed by atoms with Crippen molar-refractivity contribution in [2.24, 2.45) is 5.73 Å². The van der Waals surface area contributed by atoms with E-state index >= 15 is 0 Å². The van der Waals surface area contributed by atoms with Crippen LogP contribution in [0.15, 0.2) is 23.1 Å². The Labute approximate surface area is 122 Å². The van der Waals surface area contributed by atoms with Crippen molar-refractivity contribution in [2.45, 2.75) is 48.3 Å². The SMILES string of the molecule is NC1CCCC(S(=O)c2ccc3c(c2)OCCCO3)C1. The van der Waals surface area contributed by atoms with Crippen LogP contribution >= 0.6 is 0 Å². The summed E-state index contributed by atoms with van der Waals surface area (Å²) in [5.41, 5.74) is 5.99. The predicted octanol–water partition coefficient (Wildman–Crippen LogP) is 2.23. The summed E-state index contributed by atoms with van der Waals surface area (Å²) in [6.45, 7) is 1.32. The number of benzene rings is 1. The molecule has 3 atom stereocenters. The molecule has 1 aliphatic heterocycles. The molecule has 2 N–H and O–H groups in total. The third-order valence-corrected chi connectivity index (χ3v) is 5.67. The highest BCUT2D eigenvalue weighted by molar-refractivity contribution is 7.85. The molecular formula is C15H21NO3S. The first kappa shape index (κ1) is 13.9. The Morgan fingerprint density at radius 1 is 1.10 bits per heavy atom. The number of rotatable bonds is 2. The Morgan fingerprint density at radius 2 is 1.90 bits per heavy atom. The van der Waals surface area contributed by atoms with Gasteiger partial charge in [0.25, 0.3) is 0 Å². The average molecular weight is 295 g/mol. The van der Waals surface area contributed by atoms with Gasteiger partial charge in [0, 0.05) is 28.7 Å². The zero-order chi connectivity index (χ0) is 13.9. The molecule has 3 rings (SSSR count). The summed E-state index contributed by atoms with van der Waals surface area (Å²) < 4.78 is 23.9. The Morgan fingerprint density at radius 3 is 2.70 bits per heavy atom. The predicted molar refractivity (Wildman–Crippen MR) is 78.7 cm³/mol. The Kier molecular flexibility index (Phi) is 4.27. The van der Waals surface area contributed by atoms with Crippen molar-refractivity contribution >= 4 is 10.8 Å². The maximum Gasteiger partial charge on any atom is 0.162 e. The number of hydrogen-bond donors (Lipinski definition) is 1. The third kappa shape index (κ3) is 2.99. The maximum atomic E-state index is 12.7. The van der Waals surface area contributed by atoms with E-state index in [-0.39, 0.29) is 11.3 Å². The van der Waals surface area contributed by atoms with Crippen LogP contribution < -0.4 is 15.2 Å². The molecule has 2 aliphatic rings. The van der Waals surface area contributed by atoms with Crippen molar-refractivity contribution in [2.75, 3.05) is 13.2 Å². The van der Waals surface area contributed by atoms with Gasteiger partial charge in [-0.3, -0.25) is 4.21 Å². The van der Waals surface area contributed by atoms with E-state index in [0.29, 0.717) is 19.0 Å². The lowest BCUT2D eigenvalue weighted by atomic mass is 9.96. The largest absolute Gasteiger partial charge is 0.490 e. The minimum atomic E-state index is -1.01. The first-order chi connectivity index (χ1) is 9.74. The van der Waals surface area contributed by atoms with E-state index in [1.165, 1.54) is 0 Å². The topological polar surface area (TPSA) is 61.6 Å². The summed E-state index contributed by atoms with van der Waals surface area (Å²) in [5, 5.41) is 0.170. The molecule has 1 aromatic rings. The smallest absolute Gasteiger partial charge is 0.162 e. The summed E-state index contributed by atoms with van der Waals surface area (Å²) in [6, 6.07) is 5.83. The molecule has 1 fully saturated rings.